The lowest BCUT2D eigenvalue weighted by atomic mass is 9.91. The number of amides is 1. The molecule has 1 aliphatic carbocycles. The number of carbonyl (C=O) groups is 1. The van der Waals surface area contributed by atoms with E-state index in [4.69, 9.17) is 14.6 Å². The third-order valence-electron chi connectivity index (χ3n) is 9.84. The molecule has 2 unspecified atom stereocenters. The van der Waals surface area contributed by atoms with Crippen LogP contribution in [0.1, 0.15) is 36.3 Å². The topological polar surface area (TPSA) is 82.7 Å². The van der Waals surface area contributed by atoms with Crippen LogP contribution < -0.4 is 15.0 Å². The molecule has 8 heteroatoms. The predicted molar refractivity (Wildman–Crippen MR) is 160 cm³/mol. The van der Waals surface area contributed by atoms with Gasteiger partial charge in [-0.25, -0.2) is 0 Å². The molecule has 3 aliphatic heterocycles. The highest BCUT2D eigenvalue weighted by atomic mass is 16.5. The van der Waals surface area contributed by atoms with Gasteiger partial charge >= 0.3 is 0 Å². The molecule has 1 saturated carbocycles. The van der Waals surface area contributed by atoms with Crippen LogP contribution >= 0.6 is 0 Å². The number of nitrogens with one attached hydrogen (secondary N) is 2. The van der Waals surface area contributed by atoms with Gasteiger partial charge < -0.3 is 19.7 Å². The fraction of sp³-hybridized carbons (Fsp3) is 0.394. The number of anilines is 2. The van der Waals surface area contributed by atoms with E-state index >= 15 is 0 Å². The summed E-state index contributed by atoms with van der Waals surface area (Å²) in [6, 6.07) is 21.9. The molecule has 4 aromatic rings. The van der Waals surface area contributed by atoms with Crippen molar-refractivity contribution in [2.75, 3.05) is 56.7 Å². The highest BCUT2D eigenvalue weighted by Crippen LogP contribution is 2.65. The standard InChI is InChI=1S/C33H35N5O3/c1-40-25-7-9-29-27(19-25)33(32(39)34-29)20-28(33)22-4-8-26-30(18-22)35-36-31(26)21-2-5-23(6-3-21)37-12-10-24(11-13-37)38-14-16-41-17-15-38/h2-9,18-19,24,28H,10-17,20H2,1H3,(H,34,39)(H,35,36). The Hall–Kier alpha value is -3.88. The molecule has 1 spiro atoms. The molecule has 4 aliphatic rings. The fourth-order valence-electron chi connectivity index (χ4n) is 7.43. The summed E-state index contributed by atoms with van der Waals surface area (Å²) >= 11 is 0. The number of ether oxygens (including phenoxy) is 2. The molecule has 3 aromatic carbocycles. The van der Waals surface area contributed by atoms with Gasteiger partial charge in [-0.15, -0.1) is 0 Å². The molecule has 41 heavy (non-hydrogen) atoms. The molecule has 4 heterocycles. The second kappa shape index (κ2) is 9.60. The lowest BCUT2D eigenvalue weighted by Crippen LogP contribution is -2.49. The summed E-state index contributed by atoms with van der Waals surface area (Å²) in [5.74, 6) is 1.00. The fourth-order valence-corrected chi connectivity index (χ4v) is 7.43. The number of benzene rings is 3. The number of nitrogens with zero attached hydrogens (tertiary/aromatic N) is 3. The number of hydrogen-bond donors (Lipinski definition) is 2. The number of morpholine rings is 1. The summed E-state index contributed by atoms with van der Waals surface area (Å²) in [6.07, 6.45) is 3.21. The molecule has 8 rings (SSSR count). The van der Waals surface area contributed by atoms with Gasteiger partial charge in [-0.05, 0) is 66.8 Å². The Morgan fingerprint density at radius 2 is 1.78 bits per heavy atom. The minimum absolute atomic E-state index is 0.0848. The van der Waals surface area contributed by atoms with Crippen LogP contribution in [0.25, 0.3) is 22.2 Å². The molecular formula is C33H35N5O3. The highest BCUT2D eigenvalue weighted by molar-refractivity contribution is 6.10. The van der Waals surface area contributed by atoms with Crippen LogP contribution in [-0.2, 0) is 14.9 Å². The Labute approximate surface area is 239 Å². The van der Waals surface area contributed by atoms with Gasteiger partial charge in [0, 0.05) is 60.5 Å². The molecule has 210 valence electrons. The summed E-state index contributed by atoms with van der Waals surface area (Å²) in [5, 5.41) is 12.1. The minimum atomic E-state index is -0.507. The molecule has 0 bridgehead atoms. The van der Waals surface area contributed by atoms with Gasteiger partial charge in [-0.3, -0.25) is 14.8 Å². The quantitative estimate of drug-likeness (QED) is 0.368. The molecule has 2 N–H and O–H groups in total. The number of fused-ring (bicyclic) bond motifs is 3. The maximum atomic E-state index is 13.1. The zero-order chi connectivity index (χ0) is 27.6. The first-order chi connectivity index (χ1) is 20.1. The summed E-state index contributed by atoms with van der Waals surface area (Å²) in [7, 11) is 1.66. The Bertz CT molecular complexity index is 1620. The van der Waals surface area contributed by atoms with Crippen LogP contribution in [0.2, 0.25) is 0 Å². The van der Waals surface area contributed by atoms with Gasteiger partial charge in [0.15, 0.2) is 0 Å². The van der Waals surface area contributed by atoms with Crippen LogP contribution in [0.3, 0.4) is 0 Å². The molecule has 2 atom stereocenters. The number of hydrogen-bond acceptors (Lipinski definition) is 6. The minimum Gasteiger partial charge on any atom is -0.497 e. The summed E-state index contributed by atoms with van der Waals surface area (Å²) in [5.41, 5.74) is 6.94. The van der Waals surface area contributed by atoms with Crippen molar-refractivity contribution in [3.05, 3.63) is 71.8 Å². The first-order valence-electron chi connectivity index (χ1n) is 14.8. The van der Waals surface area contributed by atoms with Gasteiger partial charge in [0.1, 0.15) is 5.75 Å². The Morgan fingerprint density at radius 1 is 0.976 bits per heavy atom. The summed E-state index contributed by atoms with van der Waals surface area (Å²) in [4.78, 5) is 18.2. The molecule has 8 nitrogen and oxygen atoms in total. The van der Waals surface area contributed by atoms with E-state index in [1.165, 1.54) is 18.5 Å². The van der Waals surface area contributed by atoms with Gasteiger partial charge in [-0.1, -0.05) is 24.3 Å². The Morgan fingerprint density at radius 3 is 2.56 bits per heavy atom. The average molecular weight is 550 g/mol. The number of H-pyrrole nitrogens is 1. The normalized spacial score (nSPS) is 24.6. The van der Waals surface area contributed by atoms with Crippen molar-refractivity contribution >= 4 is 28.2 Å². The van der Waals surface area contributed by atoms with Crippen LogP contribution in [0.5, 0.6) is 5.75 Å². The number of aromatic nitrogens is 2. The van der Waals surface area contributed by atoms with E-state index in [1.807, 2.05) is 18.2 Å². The van der Waals surface area contributed by atoms with Crippen molar-refractivity contribution in [1.82, 2.24) is 15.1 Å². The Balaban J connectivity index is 0.988. The van der Waals surface area contributed by atoms with Crippen molar-refractivity contribution in [1.29, 1.82) is 0 Å². The van der Waals surface area contributed by atoms with Gasteiger partial charge in [0.25, 0.3) is 0 Å². The Kier molecular flexibility index (Phi) is 5.83. The van der Waals surface area contributed by atoms with Crippen molar-refractivity contribution in [2.24, 2.45) is 0 Å². The maximum Gasteiger partial charge on any atom is 0.235 e. The van der Waals surface area contributed by atoms with Crippen LogP contribution in [0.15, 0.2) is 60.7 Å². The molecule has 3 fully saturated rings. The van der Waals surface area contributed by atoms with E-state index in [1.54, 1.807) is 7.11 Å². The monoisotopic (exact) mass is 549 g/mol. The largest absolute Gasteiger partial charge is 0.497 e. The SMILES string of the molecule is COc1ccc2c(c1)C1(CC1c1ccc3c(-c4ccc(N5CCC(N6CCOCC6)CC5)cc4)n[nH]c3c1)C(=O)N2. The zero-order valence-corrected chi connectivity index (χ0v) is 23.4. The first-order valence-corrected chi connectivity index (χ1v) is 14.8. The molecule has 1 amide bonds. The molecule has 2 saturated heterocycles. The number of carbonyl (C=O) groups excluding carboxylic acids is 1. The number of aromatic amines is 1. The van der Waals surface area contributed by atoms with E-state index in [-0.39, 0.29) is 11.8 Å². The third kappa shape index (κ3) is 4.03. The lowest BCUT2D eigenvalue weighted by molar-refractivity contribution is -0.118. The van der Waals surface area contributed by atoms with E-state index in [0.29, 0.717) is 6.04 Å². The smallest absolute Gasteiger partial charge is 0.235 e. The number of piperidine rings is 1. The maximum absolute atomic E-state index is 13.1. The van der Waals surface area contributed by atoms with Crippen LogP contribution in [0.4, 0.5) is 11.4 Å². The van der Waals surface area contributed by atoms with E-state index in [9.17, 15) is 4.79 Å². The van der Waals surface area contributed by atoms with Gasteiger partial charge in [0.2, 0.25) is 5.91 Å². The number of rotatable bonds is 5. The number of methoxy groups -OCH3 is 1. The lowest BCUT2D eigenvalue weighted by Gasteiger charge is -2.40. The first kappa shape index (κ1) is 24.9. The zero-order valence-electron chi connectivity index (χ0n) is 23.4. The van der Waals surface area contributed by atoms with Crippen LogP contribution in [-0.4, -0.2) is 73.5 Å². The predicted octanol–water partition coefficient (Wildman–Crippen LogP) is 4.92. The van der Waals surface area contributed by atoms with E-state index < -0.39 is 5.41 Å². The third-order valence-corrected chi connectivity index (χ3v) is 9.84. The van der Waals surface area contributed by atoms with Crippen molar-refractivity contribution < 1.29 is 14.3 Å². The van der Waals surface area contributed by atoms with Gasteiger partial charge in [0.05, 0.1) is 36.9 Å². The van der Waals surface area contributed by atoms with Crippen molar-refractivity contribution in [3.8, 4) is 17.0 Å². The second-order valence-corrected chi connectivity index (χ2v) is 11.9. The van der Waals surface area contributed by atoms with Crippen LogP contribution in [0, 0.1) is 0 Å². The van der Waals surface area contributed by atoms with Gasteiger partial charge in [-0.2, -0.15) is 5.10 Å². The molecule has 1 aromatic heterocycles. The summed E-state index contributed by atoms with van der Waals surface area (Å²) in [6.45, 7) is 6.05. The van der Waals surface area contributed by atoms with E-state index in [0.717, 1.165) is 90.5 Å². The summed E-state index contributed by atoms with van der Waals surface area (Å²) < 4.78 is 11.0. The molecule has 0 radical (unpaired) electrons. The van der Waals surface area contributed by atoms with Crippen molar-refractivity contribution in [3.63, 3.8) is 0 Å². The average Bonchev–Trinajstić information content (AvgIpc) is 3.56. The molecular weight excluding hydrogens is 514 g/mol. The van der Waals surface area contributed by atoms with E-state index in [2.05, 4.69) is 62.7 Å². The highest BCUT2D eigenvalue weighted by Gasteiger charge is 2.65. The van der Waals surface area contributed by atoms with Crippen molar-refractivity contribution in [2.45, 2.75) is 36.6 Å². The second-order valence-electron chi connectivity index (χ2n) is 11.9.